The van der Waals surface area contributed by atoms with E-state index in [1.54, 1.807) is 17.2 Å². The summed E-state index contributed by atoms with van der Waals surface area (Å²) in [7, 11) is 0. The fraction of sp³-hybridized carbons (Fsp3) is 0.200. The molecule has 0 aromatic rings. The second kappa shape index (κ2) is 4.15. The van der Waals surface area contributed by atoms with Crippen LogP contribution in [0.5, 0.6) is 0 Å². The average molecular weight is 186 g/mol. The van der Waals surface area contributed by atoms with Crippen LogP contribution in [0.2, 0.25) is 0 Å². The van der Waals surface area contributed by atoms with Gasteiger partial charge in [-0.2, -0.15) is 10.5 Å². The zero-order chi connectivity index (χ0) is 10.6. The molecule has 1 atom stereocenters. The Morgan fingerprint density at radius 1 is 1.50 bits per heavy atom. The predicted octanol–water partition coefficient (Wildman–Crippen LogP) is 1.15. The van der Waals surface area contributed by atoms with Crippen LogP contribution in [0.25, 0.3) is 0 Å². The first-order valence-electron chi connectivity index (χ1n) is 4.07. The van der Waals surface area contributed by atoms with E-state index in [0.29, 0.717) is 12.2 Å². The lowest BCUT2D eigenvalue weighted by Gasteiger charge is -2.23. The van der Waals surface area contributed by atoms with Crippen molar-refractivity contribution >= 4 is 0 Å². The third-order valence-electron chi connectivity index (χ3n) is 1.91. The maximum atomic E-state index is 8.92. The van der Waals surface area contributed by atoms with Gasteiger partial charge in [-0.25, -0.2) is 0 Å². The van der Waals surface area contributed by atoms with E-state index in [9.17, 15) is 0 Å². The highest BCUT2D eigenvalue weighted by molar-refractivity contribution is 5.29. The summed E-state index contributed by atoms with van der Waals surface area (Å²) in [4.78, 5) is 3.26. The van der Waals surface area contributed by atoms with Crippen molar-refractivity contribution in [1.82, 2.24) is 9.80 Å². The smallest absolute Gasteiger partial charge is 0.196 e. The summed E-state index contributed by atoms with van der Waals surface area (Å²) in [5, 5.41) is 17.7. The molecule has 1 aliphatic rings. The van der Waals surface area contributed by atoms with Gasteiger partial charge in [0.2, 0.25) is 0 Å². The number of nitriles is 2. The maximum absolute atomic E-state index is 8.92. The predicted molar refractivity (Wildman–Crippen MR) is 52.0 cm³/mol. The van der Waals surface area contributed by atoms with Crippen LogP contribution in [0.1, 0.15) is 0 Å². The Kier molecular flexibility index (Phi) is 2.93. The van der Waals surface area contributed by atoms with Crippen LogP contribution in [-0.2, 0) is 0 Å². The van der Waals surface area contributed by atoms with Crippen molar-refractivity contribution in [2.75, 3.05) is 6.54 Å². The van der Waals surface area contributed by atoms with Crippen LogP contribution in [0.3, 0.4) is 0 Å². The van der Waals surface area contributed by atoms with Crippen molar-refractivity contribution in [2.24, 2.45) is 0 Å². The molecule has 0 fully saturated rings. The molecule has 0 aliphatic carbocycles. The first kappa shape index (κ1) is 9.88. The molecule has 0 amide bonds. The van der Waals surface area contributed by atoms with Gasteiger partial charge in [0.25, 0.3) is 0 Å². The summed E-state index contributed by atoms with van der Waals surface area (Å²) in [6.45, 7) is 7.69. The van der Waals surface area contributed by atoms with Gasteiger partial charge in [0.15, 0.2) is 6.17 Å². The van der Waals surface area contributed by atoms with E-state index >= 15 is 0 Å². The van der Waals surface area contributed by atoms with Crippen molar-refractivity contribution in [1.29, 1.82) is 10.5 Å². The van der Waals surface area contributed by atoms with Gasteiger partial charge in [-0.3, -0.25) is 0 Å². The molecule has 1 heterocycles. The summed E-state index contributed by atoms with van der Waals surface area (Å²) >= 11 is 0. The molecule has 1 aliphatic heterocycles. The quantitative estimate of drug-likeness (QED) is 0.620. The molecule has 0 saturated heterocycles. The van der Waals surface area contributed by atoms with Crippen molar-refractivity contribution < 1.29 is 0 Å². The van der Waals surface area contributed by atoms with Gasteiger partial charge in [0.05, 0.1) is 0 Å². The molecule has 4 nitrogen and oxygen atoms in total. The van der Waals surface area contributed by atoms with Gasteiger partial charge >= 0.3 is 0 Å². The Labute approximate surface area is 83.3 Å². The zero-order valence-electron chi connectivity index (χ0n) is 7.72. The molecule has 0 N–H and O–H groups in total. The summed E-state index contributed by atoms with van der Waals surface area (Å²) < 4.78 is 0. The summed E-state index contributed by atoms with van der Waals surface area (Å²) in [5.41, 5.74) is 0.424. The monoisotopic (exact) mass is 186 g/mol. The second-order valence-electron chi connectivity index (χ2n) is 2.70. The molecule has 4 heteroatoms. The minimum absolute atomic E-state index is 0.424. The second-order valence-corrected chi connectivity index (χ2v) is 2.70. The number of rotatable bonds is 3. The Bertz CT molecular complexity index is 355. The van der Waals surface area contributed by atoms with E-state index in [1.165, 1.54) is 11.1 Å². The van der Waals surface area contributed by atoms with E-state index < -0.39 is 6.17 Å². The summed E-state index contributed by atoms with van der Waals surface area (Å²) in [5.74, 6) is 0. The van der Waals surface area contributed by atoms with E-state index in [4.69, 9.17) is 10.5 Å². The first-order chi connectivity index (χ1) is 6.78. The van der Waals surface area contributed by atoms with E-state index in [2.05, 4.69) is 19.2 Å². The molecule has 0 saturated carbocycles. The zero-order valence-corrected chi connectivity index (χ0v) is 7.72. The third-order valence-corrected chi connectivity index (χ3v) is 1.91. The van der Waals surface area contributed by atoms with E-state index in [-0.39, 0.29) is 0 Å². The first-order valence-corrected chi connectivity index (χ1v) is 4.07. The maximum Gasteiger partial charge on any atom is 0.196 e. The van der Waals surface area contributed by atoms with Gasteiger partial charge in [0.1, 0.15) is 17.8 Å². The van der Waals surface area contributed by atoms with Crippen LogP contribution in [0.15, 0.2) is 37.3 Å². The van der Waals surface area contributed by atoms with Crippen molar-refractivity contribution in [3.05, 3.63) is 37.3 Å². The number of hydrogen-bond acceptors (Lipinski definition) is 4. The van der Waals surface area contributed by atoms with Gasteiger partial charge in [-0.05, 0) is 0 Å². The highest BCUT2D eigenvalue weighted by Crippen LogP contribution is 2.21. The van der Waals surface area contributed by atoms with Gasteiger partial charge in [-0.1, -0.05) is 12.7 Å². The highest BCUT2D eigenvalue weighted by atomic mass is 15.4. The largest absolute Gasteiger partial charge is 0.339 e. The van der Waals surface area contributed by atoms with Crippen LogP contribution < -0.4 is 0 Å². The molecule has 1 unspecified atom stereocenters. The number of hydrogen-bond donors (Lipinski definition) is 0. The van der Waals surface area contributed by atoms with Crippen LogP contribution in [0, 0.1) is 22.7 Å². The standard InChI is InChI=1S/C10H10N4/c1-3-5-13-8-9(6-11)14(4-2)10(13)7-12/h3-4,8,10H,1-2,5H2. The topological polar surface area (TPSA) is 54.1 Å². The SMILES string of the molecule is C=CCN1C=C(C#N)N(C=C)C1C#N. The Balaban J connectivity index is 2.97. The molecular formula is C10H10N4. The molecule has 70 valence electrons. The molecule has 14 heavy (non-hydrogen) atoms. The average Bonchev–Trinajstić information content (AvgIpc) is 2.55. The molecule has 0 aromatic heterocycles. The minimum atomic E-state index is -0.486. The van der Waals surface area contributed by atoms with Gasteiger partial charge in [0, 0.05) is 18.9 Å². The van der Waals surface area contributed by atoms with Gasteiger partial charge < -0.3 is 9.80 Å². The van der Waals surface area contributed by atoms with Crippen molar-refractivity contribution in [3.63, 3.8) is 0 Å². The lowest BCUT2D eigenvalue weighted by Crippen LogP contribution is -2.35. The summed E-state index contributed by atoms with van der Waals surface area (Å²) in [6.07, 6.45) is 4.31. The van der Waals surface area contributed by atoms with Crippen LogP contribution in [0.4, 0.5) is 0 Å². The molecule has 0 radical (unpaired) electrons. The Morgan fingerprint density at radius 3 is 2.64 bits per heavy atom. The molecule has 0 bridgehead atoms. The fourth-order valence-corrected chi connectivity index (χ4v) is 1.31. The van der Waals surface area contributed by atoms with Crippen molar-refractivity contribution in [2.45, 2.75) is 6.17 Å². The lowest BCUT2D eigenvalue weighted by atomic mass is 10.4. The normalized spacial score (nSPS) is 19.6. The minimum Gasteiger partial charge on any atom is -0.339 e. The molecule has 0 spiro atoms. The number of allylic oxidation sites excluding steroid dienone is 1. The molecular weight excluding hydrogens is 176 g/mol. The molecule has 1 rings (SSSR count). The van der Waals surface area contributed by atoms with Crippen LogP contribution >= 0.6 is 0 Å². The van der Waals surface area contributed by atoms with Crippen LogP contribution in [-0.4, -0.2) is 22.5 Å². The Hall–Kier alpha value is -2.20. The van der Waals surface area contributed by atoms with Crippen molar-refractivity contribution in [3.8, 4) is 12.1 Å². The third kappa shape index (κ3) is 1.46. The summed E-state index contributed by atoms with van der Waals surface area (Å²) in [6, 6.07) is 4.10. The lowest BCUT2D eigenvalue weighted by molar-refractivity contribution is 0.262. The van der Waals surface area contributed by atoms with E-state index in [0.717, 1.165) is 0 Å². The fourth-order valence-electron chi connectivity index (χ4n) is 1.31. The highest BCUT2D eigenvalue weighted by Gasteiger charge is 2.29. The van der Waals surface area contributed by atoms with E-state index in [1.807, 2.05) is 6.07 Å². The van der Waals surface area contributed by atoms with Gasteiger partial charge in [-0.15, -0.1) is 6.58 Å². The molecule has 0 aromatic carbocycles. The Morgan fingerprint density at radius 2 is 2.21 bits per heavy atom. The number of nitrogens with zero attached hydrogens (tertiary/aromatic N) is 4.